The summed E-state index contributed by atoms with van der Waals surface area (Å²) < 4.78 is 3.93. The molecule has 3 rings (SSSR count). The molecule has 3 aromatic rings. The Morgan fingerprint density at radius 3 is 2.60 bits per heavy atom. The molecule has 0 unspecified atom stereocenters. The number of aryl methyl sites for hydroxylation is 3. The van der Waals surface area contributed by atoms with E-state index in [0.29, 0.717) is 5.95 Å². The molecule has 2 N–H and O–H groups in total. The van der Waals surface area contributed by atoms with Crippen molar-refractivity contribution >= 4 is 28.4 Å². The van der Waals surface area contributed by atoms with Crippen LogP contribution < -0.4 is 5.73 Å². The van der Waals surface area contributed by atoms with E-state index in [2.05, 4.69) is 36.1 Å². The standard InChI is InChI=1S/C14H19N5S/c1-4-9-6-7-10(20-9)8-19-13-12(16-14(19)15)11(5-2)17-18(13)3/h6-7H,4-5,8H2,1-3H3,(H2,15,16). The molecule has 0 bridgehead atoms. The second-order valence-electron chi connectivity index (χ2n) is 4.87. The van der Waals surface area contributed by atoms with Crippen LogP contribution in [0.25, 0.3) is 11.2 Å². The predicted molar refractivity (Wildman–Crippen MR) is 83.1 cm³/mol. The van der Waals surface area contributed by atoms with Crippen LogP contribution in [0.2, 0.25) is 0 Å². The summed E-state index contributed by atoms with van der Waals surface area (Å²) in [5.74, 6) is 0.564. The summed E-state index contributed by atoms with van der Waals surface area (Å²) in [6, 6.07) is 4.36. The summed E-state index contributed by atoms with van der Waals surface area (Å²) in [7, 11) is 1.95. The molecule has 5 nitrogen and oxygen atoms in total. The van der Waals surface area contributed by atoms with E-state index in [0.717, 1.165) is 36.2 Å². The van der Waals surface area contributed by atoms with Crippen LogP contribution in [0.1, 0.15) is 29.3 Å². The second kappa shape index (κ2) is 4.94. The van der Waals surface area contributed by atoms with Crippen LogP contribution in [-0.2, 0) is 26.4 Å². The number of nitrogens with zero attached hydrogens (tertiary/aromatic N) is 4. The molecular weight excluding hydrogens is 270 g/mol. The van der Waals surface area contributed by atoms with Gasteiger partial charge in [-0.05, 0) is 25.0 Å². The third kappa shape index (κ3) is 2.00. The van der Waals surface area contributed by atoms with Gasteiger partial charge in [-0.25, -0.2) is 4.98 Å². The molecule has 106 valence electrons. The molecule has 0 atom stereocenters. The van der Waals surface area contributed by atoms with Gasteiger partial charge in [0.15, 0.2) is 5.65 Å². The molecule has 0 amide bonds. The zero-order valence-electron chi connectivity index (χ0n) is 12.1. The van der Waals surface area contributed by atoms with Crippen molar-refractivity contribution < 1.29 is 0 Å². The van der Waals surface area contributed by atoms with Gasteiger partial charge in [0.1, 0.15) is 5.52 Å². The van der Waals surface area contributed by atoms with Crippen molar-refractivity contribution in [2.24, 2.45) is 7.05 Å². The Labute approximate surface area is 122 Å². The first kappa shape index (κ1) is 13.2. The molecule has 0 aromatic carbocycles. The molecule has 20 heavy (non-hydrogen) atoms. The van der Waals surface area contributed by atoms with E-state index >= 15 is 0 Å². The first-order chi connectivity index (χ1) is 9.63. The monoisotopic (exact) mass is 289 g/mol. The highest BCUT2D eigenvalue weighted by molar-refractivity contribution is 7.11. The fourth-order valence-corrected chi connectivity index (χ4v) is 3.45. The summed E-state index contributed by atoms with van der Waals surface area (Å²) >= 11 is 1.83. The Bertz CT molecular complexity index is 749. The number of aromatic nitrogens is 4. The van der Waals surface area contributed by atoms with Gasteiger partial charge in [0.25, 0.3) is 0 Å². The largest absolute Gasteiger partial charge is 0.369 e. The number of imidazole rings is 1. The SMILES string of the molecule is CCc1ccc(Cn2c(N)nc3c(CC)nn(C)c32)s1. The van der Waals surface area contributed by atoms with Crippen molar-refractivity contribution in [3.05, 3.63) is 27.6 Å². The number of thiophene rings is 1. The molecule has 0 radical (unpaired) electrons. The van der Waals surface area contributed by atoms with Gasteiger partial charge in [-0.15, -0.1) is 11.3 Å². The maximum Gasteiger partial charge on any atom is 0.202 e. The van der Waals surface area contributed by atoms with Crippen LogP contribution in [-0.4, -0.2) is 19.3 Å². The van der Waals surface area contributed by atoms with E-state index in [1.54, 1.807) is 0 Å². The molecule has 0 spiro atoms. The van der Waals surface area contributed by atoms with Crippen LogP contribution in [0.3, 0.4) is 0 Å². The number of hydrogen-bond acceptors (Lipinski definition) is 4. The van der Waals surface area contributed by atoms with Gasteiger partial charge in [-0.3, -0.25) is 9.25 Å². The first-order valence-corrected chi connectivity index (χ1v) is 7.70. The highest BCUT2D eigenvalue weighted by atomic mass is 32.1. The minimum atomic E-state index is 0.564. The molecular formula is C14H19N5S. The molecule has 0 saturated carbocycles. The Balaban J connectivity index is 2.06. The van der Waals surface area contributed by atoms with Crippen LogP contribution in [0, 0.1) is 0 Å². The topological polar surface area (TPSA) is 61.7 Å². The number of nitrogens with two attached hydrogens (primary N) is 1. The smallest absolute Gasteiger partial charge is 0.202 e. The third-order valence-electron chi connectivity index (χ3n) is 3.54. The van der Waals surface area contributed by atoms with Crippen molar-refractivity contribution in [2.45, 2.75) is 33.2 Å². The van der Waals surface area contributed by atoms with Gasteiger partial charge >= 0.3 is 0 Å². The fourth-order valence-electron chi connectivity index (χ4n) is 2.51. The molecule has 3 aromatic heterocycles. The van der Waals surface area contributed by atoms with Crippen LogP contribution in [0.4, 0.5) is 5.95 Å². The minimum Gasteiger partial charge on any atom is -0.369 e. The lowest BCUT2D eigenvalue weighted by Gasteiger charge is -2.05. The Morgan fingerprint density at radius 2 is 1.95 bits per heavy atom. The highest BCUT2D eigenvalue weighted by Gasteiger charge is 2.17. The fraction of sp³-hybridized carbons (Fsp3) is 0.429. The maximum absolute atomic E-state index is 6.09. The average molecular weight is 289 g/mol. The lowest BCUT2D eigenvalue weighted by Crippen LogP contribution is -2.07. The maximum atomic E-state index is 6.09. The first-order valence-electron chi connectivity index (χ1n) is 6.89. The second-order valence-corrected chi connectivity index (χ2v) is 6.13. The van der Waals surface area contributed by atoms with Crippen molar-refractivity contribution in [2.75, 3.05) is 5.73 Å². The van der Waals surface area contributed by atoms with Crippen LogP contribution in [0.15, 0.2) is 12.1 Å². The zero-order valence-corrected chi connectivity index (χ0v) is 12.9. The van der Waals surface area contributed by atoms with E-state index in [-0.39, 0.29) is 0 Å². The summed E-state index contributed by atoms with van der Waals surface area (Å²) in [6.45, 7) is 5.02. The van der Waals surface area contributed by atoms with E-state index in [1.807, 2.05) is 27.6 Å². The minimum absolute atomic E-state index is 0.564. The molecule has 0 saturated heterocycles. The summed E-state index contributed by atoms with van der Waals surface area (Å²) in [6.07, 6.45) is 1.94. The third-order valence-corrected chi connectivity index (χ3v) is 4.75. The number of anilines is 1. The van der Waals surface area contributed by atoms with Gasteiger partial charge in [0.05, 0.1) is 12.2 Å². The number of rotatable bonds is 4. The van der Waals surface area contributed by atoms with Crippen molar-refractivity contribution in [1.29, 1.82) is 0 Å². The molecule has 0 fully saturated rings. The number of hydrogen-bond donors (Lipinski definition) is 1. The average Bonchev–Trinajstić information content (AvgIpc) is 3.09. The van der Waals surface area contributed by atoms with Crippen LogP contribution in [0.5, 0.6) is 0 Å². The summed E-state index contributed by atoms with van der Waals surface area (Å²) in [5, 5.41) is 4.51. The number of fused-ring (bicyclic) bond motifs is 1. The molecule has 0 aliphatic heterocycles. The molecule has 0 aliphatic rings. The Kier molecular flexibility index (Phi) is 3.25. The highest BCUT2D eigenvalue weighted by Crippen LogP contribution is 2.25. The van der Waals surface area contributed by atoms with E-state index in [9.17, 15) is 0 Å². The van der Waals surface area contributed by atoms with Gasteiger partial charge in [-0.2, -0.15) is 5.10 Å². The lowest BCUT2D eigenvalue weighted by atomic mass is 10.3. The quantitative estimate of drug-likeness (QED) is 0.803. The summed E-state index contributed by atoms with van der Waals surface area (Å²) in [4.78, 5) is 7.19. The zero-order chi connectivity index (χ0) is 14.3. The molecule has 0 aliphatic carbocycles. The molecule has 3 heterocycles. The predicted octanol–water partition coefficient (Wildman–Crippen LogP) is 2.59. The van der Waals surface area contributed by atoms with E-state index in [4.69, 9.17) is 5.73 Å². The Morgan fingerprint density at radius 1 is 1.20 bits per heavy atom. The van der Waals surface area contributed by atoms with Crippen molar-refractivity contribution in [3.8, 4) is 0 Å². The normalized spacial score (nSPS) is 11.6. The van der Waals surface area contributed by atoms with Crippen LogP contribution >= 0.6 is 11.3 Å². The van der Waals surface area contributed by atoms with Gasteiger partial charge in [-0.1, -0.05) is 13.8 Å². The van der Waals surface area contributed by atoms with Gasteiger partial charge < -0.3 is 5.73 Å². The van der Waals surface area contributed by atoms with E-state index < -0.39 is 0 Å². The van der Waals surface area contributed by atoms with Crippen molar-refractivity contribution in [3.63, 3.8) is 0 Å². The number of nitrogen functional groups attached to an aromatic ring is 1. The van der Waals surface area contributed by atoms with Gasteiger partial charge in [0.2, 0.25) is 5.95 Å². The van der Waals surface area contributed by atoms with Crippen molar-refractivity contribution in [1.82, 2.24) is 19.3 Å². The van der Waals surface area contributed by atoms with E-state index in [1.165, 1.54) is 9.75 Å². The molecule has 6 heteroatoms. The summed E-state index contributed by atoms with van der Waals surface area (Å²) in [5.41, 5.74) is 9.04. The van der Waals surface area contributed by atoms with Gasteiger partial charge in [0, 0.05) is 16.8 Å². The lowest BCUT2D eigenvalue weighted by molar-refractivity contribution is 0.722. The Hall–Kier alpha value is -1.82.